The van der Waals surface area contributed by atoms with E-state index in [1.807, 2.05) is 64.2 Å². The Morgan fingerprint density at radius 2 is 1.79 bits per heavy atom. The van der Waals surface area contributed by atoms with Gasteiger partial charge in [0.25, 0.3) is 5.91 Å². The minimum atomic E-state index is -0.118. The van der Waals surface area contributed by atoms with Crippen LogP contribution in [-0.4, -0.2) is 39.8 Å². The Balaban J connectivity index is 1.12. The molecule has 3 aromatic rings. The lowest BCUT2D eigenvalue weighted by molar-refractivity contribution is -0.122. The molecular weight excluding hydrogens is 428 g/mol. The molecule has 2 aliphatic rings. The minimum Gasteiger partial charge on any atom is -0.352 e. The molecule has 34 heavy (non-hydrogen) atoms. The van der Waals surface area contributed by atoms with Crippen molar-refractivity contribution in [2.24, 2.45) is 5.92 Å². The van der Waals surface area contributed by atoms with Crippen molar-refractivity contribution in [1.29, 1.82) is 0 Å². The zero-order chi connectivity index (χ0) is 23.7. The maximum atomic E-state index is 12.8. The Hall–Kier alpha value is -3.61. The van der Waals surface area contributed by atoms with Crippen LogP contribution in [0.4, 0.5) is 5.69 Å². The monoisotopic (exact) mass is 458 g/mol. The molecule has 2 aromatic carbocycles. The predicted molar refractivity (Wildman–Crippen MR) is 131 cm³/mol. The van der Waals surface area contributed by atoms with Gasteiger partial charge in [0.2, 0.25) is 11.8 Å². The number of amides is 3. The number of rotatable bonds is 6. The number of fused-ring (bicyclic) bond motifs is 2. The van der Waals surface area contributed by atoms with Gasteiger partial charge >= 0.3 is 0 Å². The van der Waals surface area contributed by atoms with Crippen molar-refractivity contribution in [3.8, 4) is 0 Å². The first-order valence-corrected chi connectivity index (χ1v) is 12.0. The fraction of sp³-hybridized carbons (Fsp3) is 0.370. The molecule has 1 aliphatic heterocycles. The average molecular weight is 459 g/mol. The van der Waals surface area contributed by atoms with Gasteiger partial charge in [-0.15, -0.1) is 0 Å². The fourth-order valence-electron chi connectivity index (χ4n) is 5.35. The van der Waals surface area contributed by atoms with Crippen molar-refractivity contribution in [3.63, 3.8) is 0 Å². The second kappa shape index (κ2) is 9.33. The average Bonchev–Trinajstić information content (AvgIpc) is 3.36. The number of benzene rings is 2. The van der Waals surface area contributed by atoms with Crippen LogP contribution in [0.15, 0.2) is 54.7 Å². The molecule has 1 saturated carbocycles. The van der Waals surface area contributed by atoms with E-state index in [1.165, 1.54) is 6.92 Å². The van der Waals surface area contributed by atoms with Crippen molar-refractivity contribution >= 4 is 34.3 Å². The lowest BCUT2D eigenvalue weighted by atomic mass is 9.85. The molecular formula is C27H30N4O3. The van der Waals surface area contributed by atoms with Crippen LogP contribution >= 0.6 is 0 Å². The Kier molecular flexibility index (Phi) is 6.09. The Morgan fingerprint density at radius 1 is 1.00 bits per heavy atom. The van der Waals surface area contributed by atoms with E-state index < -0.39 is 0 Å². The molecule has 1 aromatic heterocycles. The zero-order valence-electron chi connectivity index (χ0n) is 19.4. The van der Waals surface area contributed by atoms with Crippen LogP contribution in [0.3, 0.4) is 0 Å². The summed E-state index contributed by atoms with van der Waals surface area (Å²) < 4.78 is 1.91. The fourth-order valence-corrected chi connectivity index (χ4v) is 5.35. The lowest BCUT2D eigenvalue weighted by Gasteiger charge is -2.31. The SMILES string of the molecule is CC(=O)Nc1cccc2c1ccn2CC(=O)NC1CCC(CN2Cc3ccccc3C2=O)CC1. The van der Waals surface area contributed by atoms with Gasteiger partial charge < -0.3 is 20.1 Å². The molecule has 3 amide bonds. The molecule has 1 fully saturated rings. The molecule has 7 heteroatoms. The van der Waals surface area contributed by atoms with Crippen molar-refractivity contribution in [1.82, 2.24) is 14.8 Å². The molecule has 7 nitrogen and oxygen atoms in total. The molecule has 2 heterocycles. The van der Waals surface area contributed by atoms with E-state index in [9.17, 15) is 14.4 Å². The van der Waals surface area contributed by atoms with Crippen LogP contribution < -0.4 is 10.6 Å². The molecule has 0 radical (unpaired) electrons. The Morgan fingerprint density at radius 3 is 2.56 bits per heavy atom. The van der Waals surface area contributed by atoms with E-state index in [-0.39, 0.29) is 30.3 Å². The molecule has 2 N–H and O–H groups in total. The summed E-state index contributed by atoms with van der Waals surface area (Å²) in [7, 11) is 0. The third-order valence-electron chi connectivity index (χ3n) is 7.02. The topological polar surface area (TPSA) is 83.4 Å². The maximum absolute atomic E-state index is 12.8. The molecule has 0 unspecified atom stereocenters. The summed E-state index contributed by atoms with van der Waals surface area (Å²) in [6, 6.07) is 15.7. The highest BCUT2D eigenvalue weighted by atomic mass is 16.2. The molecule has 0 saturated heterocycles. The second-order valence-electron chi connectivity index (χ2n) is 9.49. The van der Waals surface area contributed by atoms with E-state index in [0.29, 0.717) is 12.5 Å². The highest BCUT2D eigenvalue weighted by molar-refractivity contribution is 6.01. The summed E-state index contributed by atoms with van der Waals surface area (Å²) in [6.45, 7) is 3.23. The number of carbonyl (C=O) groups is 3. The Bertz CT molecular complexity index is 1240. The van der Waals surface area contributed by atoms with Gasteiger partial charge in [0, 0.05) is 43.2 Å². The normalized spacial score (nSPS) is 19.8. The highest BCUT2D eigenvalue weighted by Crippen LogP contribution is 2.29. The zero-order valence-corrected chi connectivity index (χ0v) is 19.4. The van der Waals surface area contributed by atoms with Crippen molar-refractivity contribution in [3.05, 3.63) is 65.9 Å². The van der Waals surface area contributed by atoms with Gasteiger partial charge in [-0.2, -0.15) is 0 Å². The van der Waals surface area contributed by atoms with Gasteiger partial charge in [0.05, 0.1) is 11.2 Å². The van der Waals surface area contributed by atoms with Crippen LogP contribution in [0.2, 0.25) is 0 Å². The number of nitrogens with zero attached hydrogens (tertiary/aromatic N) is 2. The molecule has 5 rings (SSSR count). The number of anilines is 1. The van der Waals surface area contributed by atoms with Crippen LogP contribution in [0.1, 0.15) is 48.5 Å². The second-order valence-corrected chi connectivity index (χ2v) is 9.49. The standard InChI is InChI=1S/C27H30N4O3/c1-18(32)28-24-7-4-8-25-23(24)13-14-30(25)17-26(33)29-21-11-9-19(10-12-21)15-31-16-20-5-2-3-6-22(20)27(31)34/h2-8,13-14,19,21H,9-12,15-17H2,1H3,(H,28,32)(H,29,33). The van der Waals surface area contributed by atoms with Gasteiger partial charge in [0.15, 0.2) is 0 Å². The van der Waals surface area contributed by atoms with Gasteiger partial charge in [-0.05, 0) is 61.4 Å². The minimum absolute atomic E-state index is 0.00366. The van der Waals surface area contributed by atoms with E-state index in [0.717, 1.165) is 59.9 Å². The highest BCUT2D eigenvalue weighted by Gasteiger charge is 2.30. The molecule has 176 valence electrons. The third-order valence-corrected chi connectivity index (χ3v) is 7.02. The number of hydrogen-bond acceptors (Lipinski definition) is 3. The first kappa shape index (κ1) is 22.2. The third kappa shape index (κ3) is 4.55. The predicted octanol–water partition coefficient (Wildman–Crippen LogP) is 3.93. The molecule has 0 bridgehead atoms. The van der Waals surface area contributed by atoms with Gasteiger partial charge in [0.1, 0.15) is 6.54 Å². The summed E-state index contributed by atoms with van der Waals surface area (Å²) in [5, 5.41) is 6.96. The maximum Gasteiger partial charge on any atom is 0.254 e. The number of aromatic nitrogens is 1. The van der Waals surface area contributed by atoms with Crippen LogP contribution in [0, 0.1) is 5.92 Å². The van der Waals surface area contributed by atoms with E-state index >= 15 is 0 Å². The molecule has 1 aliphatic carbocycles. The Labute approximate surface area is 199 Å². The van der Waals surface area contributed by atoms with E-state index in [4.69, 9.17) is 0 Å². The smallest absolute Gasteiger partial charge is 0.254 e. The first-order valence-electron chi connectivity index (χ1n) is 12.0. The van der Waals surface area contributed by atoms with Gasteiger partial charge in [-0.1, -0.05) is 24.3 Å². The summed E-state index contributed by atoms with van der Waals surface area (Å²) in [5.74, 6) is 0.502. The van der Waals surface area contributed by atoms with Crippen molar-refractivity contribution in [2.45, 2.75) is 51.7 Å². The molecule has 0 spiro atoms. The summed E-state index contributed by atoms with van der Waals surface area (Å²) in [5.41, 5.74) is 3.63. The van der Waals surface area contributed by atoms with Gasteiger partial charge in [-0.25, -0.2) is 0 Å². The van der Waals surface area contributed by atoms with Crippen molar-refractivity contribution < 1.29 is 14.4 Å². The number of carbonyl (C=O) groups excluding carboxylic acids is 3. The number of hydrogen-bond donors (Lipinski definition) is 2. The summed E-state index contributed by atoms with van der Waals surface area (Å²) in [4.78, 5) is 38.8. The lowest BCUT2D eigenvalue weighted by Crippen LogP contribution is -2.41. The number of nitrogens with one attached hydrogen (secondary N) is 2. The van der Waals surface area contributed by atoms with Crippen LogP contribution in [-0.2, 0) is 22.7 Å². The van der Waals surface area contributed by atoms with Crippen LogP contribution in [0.5, 0.6) is 0 Å². The van der Waals surface area contributed by atoms with Crippen LogP contribution in [0.25, 0.3) is 10.9 Å². The van der Waals surface area contributed by atoms with Gasteiger partial charge in [-0.3, -0.25) is 14.4 Å². The van der Waals surface area contributed by atoms with E-state index in [2.05, 4.69) is 10.6 Å². The van der Waals surface area contributed by atoms with E-state index in [1.54, 1.807) is 0 Å². The molecule has 0 atom stereocenters. The summed E-state index contributed by atoms with van der Waals surface area (Å²) in [6.07, 6.45) is 5.78. The largest absolute Gasteiger partial charge is 0.352 e. The quantitative estimate of drug-likeness (QED) is 0.587. The first-order chi connectivity index (χ1) is 16.5. The summed E-state index contributed by atoms with van der Waals surface area (Å²) >= 11 is 0. The van der Waals surface area contributed by atoms with Crippen molar-refractivity contribution in [2.75, 3.05) is 11.9 Å².